The van der Waals surface area contributed by atoms with Gasteiger partial charge in [0.05, 0.1) is 11.3 Å². The maximum absolute atomic E-state index is 13.3. The molecule has 0 aromatic heterocycles. The van der Waals surface area contributed by atoms with Gasteiger partial charge in [-0.3, -0.25) is 9.59 Å². The van der Waals surface area contributed by atoms with E-state index >= 15 is 0 Å². The van der Waals surface area contributed by atoms with Crippen LogP contribution in [-0.4, -0.2) is 11.6 Å². The van der Waals surface area contributed by atoms with Gasteiger partial charge < -0.3 is 5.32 Å². The van der Waals surface area contributed by atoms with E-state index in [1.54, 1.807) is 30.3 Å². The van der Waals surface area contributed by atoms with Crippen molar-refractivity contribution in [2.24, 2.45) is 0 Å². The Hall–Kier alpha value is -3.20. The number of anilines is 2. The topological polar surface area (TPSA) is 46.2 Å². The first-order valence-electron chi connectivity index (χ1n) is 10.3. The molecule has 1 aliphatic rings. The molecule has 0 bridgehead atoms. The number of nitrogens with one attached hydrogen (secondary N) is 1. The summed E-state index contributed by atoms with van der Waals surface area (Å²) < 4.78 is 0. The van der Waals surface area contributed by atoms with Crippen LogP contribution >= 0.6 is 0 Å². The minimum absolute atomic E-state index is 0.0911. The van der Waals surface area contributed by atoms with E-state index < -0.39 is 0 Å². The highest BCUT2D eigenvalue weighted by atomic mass is 16.1. The highest BCUT2D eigenvalue weighted by Crippen LogP contribution is 2.35. The van der Waals surface area contributed by atoms with E-state index in [0.717, 1.165) is 24.9 Å². The molecule has 0 fully saturated rings. The van der Waals surface area contributed by atoms with Gasteiger partial charge in [0.1, 0.15) is 0 Å². The Labute approximate surface area is 171 Å². The Morgan fingerprint density at radius 2 is 1.28 bits per heavy atom. The van der Waals surface area contributed by atoms with Gasteiger partial charge in [-0.1, -0.05) is 69.3 Å². The van der Waals surface area contributed by atoms with Gasteiger partial charge in [0.2, 0.25) is 0 Å². The Balaban J connectivity index is 1.86. The SMILES string of the molecule is CCc1cc(CC)c(Nc2cccc3c2C(=O)c2ccccc2C3=O)c(CC)c1. The van der Waals surface area contributed by atoms with Crippen LogP contribution in [0, 0.1) is 0 Å². The number of ketones is 2. The van der Waals surface area contributed by atoms with Gasteiger partial charge in [0, 0.05) is 22.4 Å². The summed E-state index contributed by atoms with van der Waals surface area (Å²) in [6.45, 7) is 6.45. The van der Waals surface area contributed by atoms with Crippen molar-refractivity contribution in [2.75, 3.05) is 5.32 Å². The molecule has 1 aliphatic carbocycles. The van der Waals surface area contributed by atoms with Crippen LogP contribution < -0.4 is 5.32 Å². The van der Waals surface area contributed by atoms with Crippen LogP contribution in [0.1, 0.15) is 69.3 Å². The molecule has 0 amide bonds. The van der Waals surface area contributed by atoms with Crippen molar-refractivity contribution in [3.63, 3.8) is 0 Å². The van der Waals surface area contributed by atoms with Gasteiger partial charge in [-0.15, -0.1) is 0 Å². The van der Waals surface area contributed by atoms with Crippen LogP contribution in [0.5, 0.6) is 0 Å². The van der Waals surface area contributed by atoms with E-state index in [0.29, 0.717) is 27.9 Å². The molecule has 0 saturated heterocycles. The van der Waals surface area contributed by atoms with Crippen LogP contribution in [0.15, 0.2) is 54.6 Å². The number of rotatable bonds is 5. The molecule has 3 aromatic rings. The third-order valence-corrected chi connectivity index (χ3v) is 5.74. The van der Waals surface area contributed by atoms with Crippen LogP contribution in [0.4, 0.5) is 11.4 Å². The minimum atomic E-state index is -0.0976. The molecule has 0 heterocycles. The number of fused-ring (bicyclic) bond motifs is 2. The lowest BCUT2D eigenvalue weighted by Crippen LogP contribution is -2.22. The van der Waals surface area contributed by atoms with Gasteiger partial charge in [0.25, 0.3) is 0 Å². The zero-order valence-corrected chi connectivity index (χ0v) is 17.1. The molecule has 4 rings (SSSR count). The summed E-state index contributed by atoms with van der Waals surface area (Å²) in [6.07, 6.45) is 2.78. The lowest BCUT2D eigenvalue weighted by atomic mass is 9.83. The van der Waals surface area contributed by atoms with E-state index in [2.05, 4.69) is 38.2 Å². The van der Waals surface area contributed by atoms with Gasteiger partial charge in [-0.2, -0.15) is 0 Å². The predicted octanol–water partition coefficient (Wildman–Crippen LogP) is 5.89. The first-order valence-corrected chi connectivity index (χ1v) is 10.3. The van der Waals surface area contributed by atoms with Gasteiger partial charge >= 0.3 is 0 Å². The van der Waals surface area contributed by atoms with E-state index in [1.807, 2.05) is 12.1 Å². The summed E-state index contributed by atoms with van der Waals surface area (Å²) in [5.74, 6) is -0.189. The molecular formula is C26H25NO2. The normalized spacial score (nSPS) is 12.5. The summed E-state index contributed by atoms with van der Waals surface area (Å²) >= 11 is 0. The molecule has 0 spiro atoms. The monoisotopic (exact) mass is 383 g/mol. The van der Waals surface area contributed by atoms with Crippen molar-refractivity contribution in [1.82, 2.24) is 0 Å². The molecule has 0 unspecified atom stereocenters. The Bertz CT molecular complexity index is 1100. The van der Waals surface area contributed by atoms with E-state index in [1.165, 1.54) is 16.7 Å². The third-order valence-electron chi connectivity index (χ3n) is 5.74. The zero-order chi connectivity index (χ0) is 20.5. The van der Waals surface area contributed by atoms with Crippen molar-refractivity contribution in [3.8, 4) is 0 Å². The third kappa shape index (κ3) is 3.17. The first kappa shape index (κ1) is 19.1. The van der Waals surface area contributed by atoms with Crippen LogP contribution in [-0.2, 0) is 19.3 Å². The first-order chi connectivity index (χ1) is 14.1. The molecule has 0 aliphatic heterocycles. The van der Waals surface area contributed by atoms with Gasteiger partial charge in [0.15, 0.2) is 11.6 Å². The number of aryl methyl sites for hydroxylation is 3. The number of carbonyl (C=O) groups is 2. The van der Waals surface area contributed by atoms with Crippen LogP contribution in [0.25, 0.3) is 0 Å². The minimum Gasteiger partial charge on any atom is -0.354 e. The molecule has 1 N–H and O–H groups in total. The Morgan fingerprint density at radius 3 is 1.86 bits per heavy atom. The smallest absolute Gasteiger partial charge is 0.196 e. The van der Waals surface area contributed by atoms with Crippen LogP contribution in [0.2, 0.25) is 0 Å². The molecular weight excluding hydrogens is 358 g/mol. The second-order valence-electron chi connectivity index (χ2n) is 7.41. The van der Waals surface area contributed by atoms with Crippen molar-refractivity contribution in [2.45, 2.75) is 40.0 Å². The second-order valence-corrected chi connectivity index (χ2v) is 7.41. The Kier molecular flexibility index (Phi) is 5.06. The average Bonchev–Trinajstić information content (AvgIpc) is 2.77. The number of benzene rings is 3. The molecule has 0 atom stereocenters. The zero-order valence-electron chi connectivity index (χ0n) is 17.1. The highest BCUT2D eigenvalue weighted by Gasteiger charge is 2.31. The fourth-order valence-electron chi connectivity index (χ4n) is 4.15. The van der Waals surface area contributed by atoms with Crippen LogP contribution in [0.3, 0.4) is 0 Å². The fraction of sp³-hybridized carbons (Fsp3) is 0.231. The molecule has 3 nitrogen and oxygen atoms in total. The highest BCUT2D eigenvalue weighted by molar-refractivity contribution is 6.30. The average molecular weight is 383 g/mol. The molecule has 29 heavy (non-hydrogen) atoms. The predicted molar refractivity (Wildman–Crippen MR) is 118 cm³/mol. The summed E-state index contributed by atoms with van der Waals surface area (Å²) in [4.78, 5) is 26.3. The summed E-state index contributed by atoms with van der Waals surface area (Å²) in [7, 11) is 0. The fourth-order valence-corrected chi connectivity index (χ4v) is 4.15. The largest absolute Gasteiger partial charge is 0.354 e. The lowest BCUT2D eigenvalue weighted by molar-refractivity contribution is 0.0979. The lowest BCUT2D eigenvalue weighted by Gasteiger charge is -2.23. The van der Waals surface area contributed by atoms with Gasteiger partial charge in [-0.25, -0.2) is 0 Å². The quantitative estimate of drug-likeness (QED) is 0.467. The standard InChI is InChI=1S/C26H25NO2/c1-4-16-14-17(5-2)24(18(6-3)15-16)27-22-13-9-12-21-23(22)26(29)20-11-8-7-10-19(20)25(21)28/h7-15,27H,4-6H2,1-3H3. The van der Waals surface area contributed by atoms with Crippen molar-refractivity contribution < 1.29 is 9.59 Å². The molecule has 3 heteroatoms. The number of hydrogen-bond acceptors (Lipinski definition) is 3. The molecule has 146 valence electrons. The van der Waals surface area contributed by atoms with E-state index in [9.17, 15) is 9.59 Å². The van der Waals surface area contributed by atoms with E-state index in [-0.39, 0.29) is 11.6 Å². The van der Waals surface area contributed by atoms with E-state index in [4.69, 9.17) is 0 Å². The summed E-state index contributed by atoms with van der Waals surface area (Å²) in [5, 5.41) is 3.53. The maximum Gasteiger partial charge on any atom is 0.196 e. The number of carbonyl (C=O) groups excluding carboxylic acids is 2. The molecule has 0 saturated carbocycles. The second kappa shape index (κ2) is 7.67. The maximum atomic E-state index is 13.3. The van der Waals surface area contributed by atoms with Crippen molar-refractivity contribution >= 4 is 22.9 Å². The van der Waals surface area contributed by atoms with Crippen molar-refractivity contribution in [3.05, 3.63) is 93.5 Å². The molecule has 0 radical (unpaired) electrons. The Morgan fingerprint density at radius 1 is 0.690 bits per heavy atom. The number of hydrogen-bond donors (Lipinski definition) is 1. The van der Waals surface area contributed by atoms with Crippen molar-refractivity contribution in [1.29, 1.82) is 0 Å². The van der Waals surface area contributed by atoms with Gasteiger partial charge in [-0.05, 0) is 42.0 Å². The summed E-state index contributed by atoms with van der Waals surface area (Å²) in [5.41, 5.74) is 7.44. The molecule has 3 aromatic carbocycles. The summed E-state index contributed by atoms with van der Waals surface area (Å²) in [6, 6.07) is 17.0.